The van der Waals surface area contributed by atoms with E-state index >= 15 is 0 Å². The average molecular weight is 461 g/mol. The number of hydrogen-bond acceptors (Lipinski definition) is 5. The minimum atomic E-state index is -4.29. The number of rotatable bonds is 5. The average Bonchev–Trinajstić information content (AvgIpc) is 3.24. The van der Waals surface area contributed by atoms with Gasteiger partial charge in [0.15, 0.2) is 0 Å². The molecule has 0 saturated heterocycles. The topological polar surface area (TPSA) is 75.7 Å². The first kappa shape index (κ1) is 21.3. The number of sulfonamides is 1. The zero-order valence-electron chi connectivity index (χ0n) is 17.0. The lowest BCUT2D eigenvalue weighted by Crippen LogP contribution is -2.38. The minimum Gasteiger partial charge on any atom is -0.495 e. The quantitative estimate of drug-likeness (QED) is 0.610. The number of nitrogens with one attached hydrogen (secondary N) is 1. The fraction of sp³-hybridized carbons (Fsp3) is 0.227. The van der Waals surface area contributed by atoms with E-state index < -0.39 is 20.7 Å². The van der Waals surface area contributed by atoms with E-state index in [1.807, 2.05) is 18.4 Å². The summed E-state index contributed by atoms with van der Waals surface area (Å²) in [6, 6.07) is 11.7. The molecule has 31 heavy (non-hydrogen) atoms. The van der Waals surface area contributed by atoms with Crippen LogP contribution in [0.25, 0.3) is 0 Å². The fourth-order valence-electron chi connectivity index (χ4n) is 3.72. The second-order valence-electron chi connectivity index (χ2n) is 7.17. The summed E-state index contributed by atoms with van der Waals surface area (Å²) in [5.74, 6) is -0.976. The SMILES string of the molecule is COc1ccccc1NS(=O)(=O)c1cc(C(=O)N2CCc3sccc3C2C)ccc1F. The monoisotopic (exact) mass is 460 g/mol. The van der Waals surface area contributed by atoms with Gasteiger partial charge in [-0.2, -0.15) is 0 Å². The molecule has 0 saturated carbocycles. The molecule has 0 aliphatic carbocycles. The fourth-order valence-corrected chi connectivity index (χ4v) is 5.86. The second-order valence-corrected chi connectivity index (χ2v) is 9.83. The first-order valence-electron chi connectivity index (χ1n) is 9.64. The number of ether oxygens (including phenoxy) is 1. The zero-order chi connectivity index (χ0) is 22.2. The Labute approximate surface area is 184 Å². The number of carbonyl (C=O) groups is 1. The number of para-hydroxylation sites is 2. The number of amides is 1. The molecule has 2 aromatic carbocycles. The predicted molar refractivity (Wildman–Crippen MR) is 118 cm³/mol. The van der Waals surface area contributed by atoms with Crippen LogP contribution in [-0.2, 0) is 16.4 Å². The van der Waals surface area contributed by atoms with Crippen LogP contribution in [-0.4, -0.2) is 32.9 Å². The lowest BCUT2D eigenvalue weighted by atomic mass is 10.0. The van der Waals surface area contributed by atoms with Crippen LogP contribution in [0, 0.1) is 5.82 Å². The van der Waals surface area contributed by atoms with Crippen molar-refractivity contribution in [1.29, 1.82) is 0 Å². The third-order valence-electron chi connectivity index (χ3n) is 5.36. The molecule has 0 radical (unpaired) electrons. The van der Waals surface area contributed by atoms with Crippen LogP contribution < -0.4 is 9.46 Å². The molecule has 0 fully saturated rings. The van der Waals surface area contributed by atoms with E-state index in [4.69, 9.17) is 4.74 Å². The van der Waals surface area contributed by atoms with E-state index in [0.29, 0.717) is 12.3 Å². The smallest absolute Gasteiger partial charge is 0.264 e. The van der Waals surface area contributed by atoms with Gasteiger partial charge in [0, 0.05) is 17.0 Å². The summed E-state index contributed by atoms with van der Waals surface area (Å²) in [6.07, 6.45) is 0.741. The van der Waals surface area contributed by atoms with Gasteiger partial charge in [-0.25, -0.2) is 12.8 Å². The highest BCUT2D eigenvalue weighted by Crippen LogP contribution is 2.34. The Morgan fingerprint density at radius 2 is 2.00 bits per heavy atom. The maximum absolute atomic E-state index is 14.5. The number of thiophene rings is 1. The molecule has 3 aromatic rings. The Balaban J connectivity index is 1.65. The van der Waals surface area contributed by atoms with Crippen LogP contribution in [0.15, 0.2) is 58.8 Å². The number of carbonyl (C=O) groups excluding carboxylic acids is 1. The van der Waals surface area contributed by atoms with E-state index in [0.717, 1.165) is 24.1 Å². The zero-order valence-corrected chi connectivity index (χ0v) is 18.6. The Kier molecular flexibility index (Phi) is 5.72. The van der Waals surface area contributed by atoms with Crippen molar-refractivity contribution in [1.82, 2.24) is 4.90 Å². The Hall–Kier alpha value is -2.91. The van der Waals surface area contributed by atoms with Crippen LogP contribution in [0.1, 0.15) is 33.8 Å². The van der Waals surface area contributed by atoms with Gasteiger partial charge >= 0.3 is 0 Å². The molecule has 0 bridgehead atoms. The first-order valence-corrected chi connectivity index (χ1v) is 12.0. The van der Waals surface area contributed by atoms with Gasteiger partial charge in [-0.15, -0.1) is 11.3 Å². The van der Waals surface area contributed by atoms with Crippen molar-refractivity contribution >= 4 is 33.0 Å². The summed E-state index contributed by atoms with van der Waals surface area (Å²) in [7, 11) is -2.88. The molecular formula is C22H21FN2O4S2. The molecule has 1 atom stereocenters. The molecule has 4 rings (SSSR count). The standard InChI is InChI=1S/C22H21FN2O4S2/c1-14-16-10-12-30-20(16)9-11-25(14)22(26)15-7-8-17(23)21(13-15)31(27,28)24-18-5-3-4-6-19(18)29-2/h3-8,10,12-14,24H,9,11H2,1-2H3. The van der Waals surface area contributed by atoms with Crippen LogP contribution in [0.4, 0.5) is 10.1 Å². The molecule has 1 amide bonds. The number of nitrogens with zero attached hydrogens (tertiary/aromatic N) is 1. The third-order valence-corrected chi connectivity index (χ3v) is 7.73. The lowest BCUT2D eigenvalue weighted by Gasteiger charge is -2.33. The van der Waals surface area contributed by atoms with Gasteiger partial charge in [0.05, 0.1) is 18.8 Å². The van der Waals surface area contributed by atoms with Gasteiger partial charge in [-0.05, 0) is 60.7 Å². The van der Waals surface area contributed by atoms with E-state index in [1.54, 1.807) is 34.4 Å². The van der Waals surface area contributed by atoms with Crippen molar-refractivity contribution in [2.24, 2.45) is 0 Å². The van der Waals surface area contributed by atoms with E-state index in [1.165, 1.54) is 24.1 Å². The maximum atomic E-state index is 14.5. The summed E-state index contributed by atoms with van der Waals surface area (Å²) in [5.41, 5.74) is 1.39. The highest BCUT2D eigenvalue weighted by Gasteiger charge is 2.30. The van der Waals surface area contributed by atoms with Crippen molar-refractivity contribution in [3.05, 3.63) is 75.7 Å². The largest absolute Gasteiger partial charge is 0.495 e. The molecule has 1 aliphatic heterocycles. The van der Waals surface area contributed by atoms with Gasteiger partial charge in [0.25, 0.3) is 15.9 Å². The molecule has 1 N–H and O–H groups in total. The van der Waals surface area contributed by atoms with Crippen LogP contribution in [0.2, 0.25) is 0 Å². The molecule has 6 nitrogen and oxygen atoms in total. The van der Waals surface area contributed by atoms with Gasteiger partial charge in [0.1, 0.15) is 16.5 Å². The maximum Gasteiger partial charge on any atom is 0.264 e. The van der Waals surface area contributed by atoms with Crippen LogP contribution in [0.3, 0.4) is 0 Å². The molecule has 1 aromatic heterocycles. The first-order chi connectivity index (χ1) is 14.8. The number of hydrogen-bond donors (Lipinski definition) is 1. The Bertz CT molecular complexity index is 1240. The lowest BCUT2D eigenvalue weighted by molar-refractivity contribution is 0.0679. The predicted octanol–water partition coefficient (Wildman–Crippen LogP) is 4.46. The summed E-state index contributed by atoms with van der Waals surface area (Å²) < 4.78 is 47.8. The van der Waals surface area contributed by atoms with Gasteiger partial charge in [0.2, 0.25) is 0 Å². The number of anilines is 1. The summed E-state index contributed by atoms with van der Waals surface area (Å²) in [6.45, 7) is 2.46. The number of methoxy groups -OCH3 is 1. The van der Waals surface area contributed by atoms with Crippen LogP contribution in [0.5, 0.6) is 5.75 Å². The van der Waals surface area contributed by atoms with E-state index in [-0.39, 0.29) is 23.2 Å². The van der Waals surface area contributed by atoms with Crippen molar-refractivity contribution in [2.45, 2.75) is 24.3 Å². The Morgan fingerprint density at radius 3 is 2.77 bits per heavy atom. The molecule has 1 aliphatic rings. The van der Waals surface area contributed by atoms with Crippen molar-refractivity contribution in [3.63, 3.8) is 0 Å². The number of fused-ring (bicyclic) bond motifs is 1. The van der Waals surface area contributed by atoms with Crippen LogP contribution >= 0.6 is 11.3 Å². The van der Waals surface area contributed by atoms with E-state index in [9.17, 15) is 17.6 Å². The molecule has 0 spiro atoms. The van der Waals surface area contributed by atoms with Gasteiger partial charge in [-0.1, -0.05) is 12.1 Å². The molecule has 2 heterocycles. The van der Waals surface area contributed by atoms with Crippen molar-refractivity contribution in [2.75, 3.05) is 18.4 Å². The molecular weight excluding hydrogens is 439 g/mol. The summed E-state index contributed by atoms with van der Waals surface area (Å²) >= 11 is 1.66. The van der Waals surface area contributed by atoms with Crippen molar-refractivity contribution < 1.29 is 22.3 Å². The molecule has 1 unspecified atom stereocenters. The summed E-state index contributed by atoms with van der Waals surface area (Å²) in [5, 5.41) is 2.00. The summed E-state index contributed by atoms with van der Waals surface area (Å²) in [4.78, 5) is 15.5. The normalized spacial score (nSPS) is 16.0. The van der Waals surface area contributed by atoms with Crippen molar-refractivity contribution in [3.8, 4) is 5.75 Å². The highest BCUT2D eigenvalue weighted by atomic mass is 32.2. The molecule has 162 valence electrons. The Morgan fingerprint density at radius 1 is 1.23 bits per heavy atom. The van der Waals surface area contributed by atoms with Gasteiger partial charge in [-0.3, -0.25) is 9.52 Å². The molecule has 9 heteroatoms. The second kappa shape index (κ2) is 8.32. The van der Waals surface area contributed by atoms with E-state index in [2.05, 4.69) is 4.72 Å². The highest BCUT2D eigenvalue weighted by molar-refractivity contribution is 7.92. The third kappa shape index (κ3) is 4.03. The van der Waals surface area contributed by atoms with Gasteiger partial charge < -0.3 is 9.64 Å². The number of halogens is 1. The minimum absolute atomic E-state index is 0.118. The number of benzene rings is 2.